The van der Waals surface area contributed by atoms with Crippen LogP contribution in [0.3, 0.4) is 0 Å². The molecular formula is C26H29FN6O2. The number of benzene rings is 1. The lowest BCUT2D eigenvalue weighted by atomic mass is 9.96. The number of aryl methyl sites for hydroxylation is 1. The molecule has 0 spiro atoms. The molecule has 8 nitrogen and oxygen atoms in total. The fraction of sp³-hybridized carbons (Fsp3) is 0.385. The lowest BCUT2D eigenvalue weighted by Gasteiger charge is -2.35. The summed E-state index contributed by atoms with van der Waals surface area (Å²) < 4.78 is 39.6. The molecule has 3 aromatic rings. The Bertz CT molecular complexity index is 1460. The van der Waals surface area contributed by atoms with Gasteiger partial charge in [-0.1, -0.05) is 6.85 Å². The minimum Gasteiger partial charge on any atom is -0.364 e. The Hall–Kier alpha value is -3.75. The van der Waals surface area contributed by atoms with Crippen molar-refractivity contribution < 1.29 is 18.1 Å². The van der Waals surface area contributed by atoms with Crippen LogP contribution in [0.4, 0.5) is 27.3 Å². The van der Waals surface area contributed by atoms with Crippen LogP contribution < -0.4 is 15.5 Å². The predicted octanol–water partition coefficient (Wildman–Crippen LogP) is 5.13. The number of nitrogens with one attached hydrogen (secondary N) is 2. The van der Waals surface area contributed by atoms with Crippen LogP contribution >= 0.6 is 0 Å². The van der Waals surface area contributed by atoms with Crippen molar-refractivity contribution in [2.45, 2.75) is 46.0 Å². The fourth-order valence-corrected chi connectivity index (χ4v) is 4.60. The van der Waals surface area contributed by atoms with E-state index in [4.69, 9.17) is 4.11 Å². The van der Waals surface area contributed by atoms with E-state index >= 15 is 4.39 Å². The van der Waals surface area contributed by atoms with E-state index in [0.717, 1.165) is 24.4 Å². The van der Waals surface area contributed by atoms with Gasteiger partial charge in [-0.05, 0) is 38.8 Å². The average Bonchev–Trinajstić information content (AvgIpc) is 3.62. The topological polar surface area (TPSA) is 92.2 Å². The molecule has 1 atom stereocenters. The first-order valence-electron chi connectivity index (χ1n) is 13.0. The second-order valence-electron chi connectivity index (χ2n) is 9.19. The van der Waals surface area contributed by atoms with Gasteiger partial charge in [-0.15, -0.1) is 0 Å². The maximum Gasteiger partial charge on any atom is 0.228 e. The first-order chi connectivity index (χ1) is 17.8. The zero-order valence-electron chi connectivity index (χ0n) is 23.1. The van der Waals surface area contributed by atoms with Gasteiger partial charge < -0.3 is 20.1 Å². The van der Waals surface area contributed by atoms with Crippen LogP contribution in [0, 0.1) is 18.7 Å². The highest BCUT2D eigenvalue weighted by Gasteiger charge is 2.33. The highest BCUT2D eigenvalue weighted by molar-refractivity contribution is 6.03. The van der Waals surface area contributed by atoms with Gasteiger partial charge in [-0.2, -0.15) is 0 Å². The van der Waals surface area contributed by atoms with Crippen LogP contribution in [0.5, 0.6) is 0 Å². The SMILES string of the molecule is [2H]C([2H])([2H])CC(=O)c1cnc(NC(=O)C2CC2)cc1Nc1cc(F)cc2c1N(C)[C@H](C)c1c-2nc(C)n1C. The Morgan fingerprint density at radius 2 is 2.00 bits per heavy atom. The summed E-state index contributed by atoms with van der Waals surface area (Å²) >= 11 is 0. The van der Waals surface area contributed by atoms with Crippen molar-refractivity contribution in [3.8, 4) is 11.3 Å². The van der Waals surface area contributed by atoms with Gasteiger partial charge in [0.1, 0.15) is 17.5 Å². The summed E-state index contributed by atoms with van der Waals surface area (Å²) in [5, 5.41) is 5.90. The first kappa shape index (κ1) is 19.5. The standard InChI is InChI=1S/C26H29FN6O2/c1-6-21(34)18-12-28-22(31-26(35)15-7-8-15)11-19(18)30-20-10-16(27)9-17-23-24(33(5)14(3)29-23)13(2)32(4)25(17)20/h9-13,15H,6-8H2,1-5H3,(H2,28,30,31,35)/t13-/m1/s1/i1D3. The molecule has 0 unspecified atom stereocenters. The lowest BCUT2D eigenvalue weighted by molar-refractivity contribution is -0.117. The van der Waals surface area contributed by atoms with Crippen molar-refractivity contribution in [1.29, 1.82) is 0 Å². The largest absolute Gasteiger partial charge is 0.364 e. The number of nitrogens with zero attached hydrogens (tertiary/aromatic N) is 4. The Labute approximate surface area is 207 Å². The second-order valence-corrected chi connectivity index (χ2v) is 9.19. The number of carbonyl (C=O) groups is 2. The van der Waals surface area contributed by atoms with Crippen molar-refractivity contribution in [2.24, 2.45) is 13.0 Å². The molecule has 182 valence electrons. The smallest absolute Gasteiger partial charge is 0.228 e. The van der Waals surface area contributed by atoms with Crippen molar-refractivity contribution >= 4 is 34.6 Å². The molecule has 35 heavy (non-hydrogen) atoms. The number of fused-ring (bicyclic) bond motifs is 3. The third-order valence-corrected chi connectivity index (χ3v) is 6.86. The summed E-state index contributed by atoms with van der Waals surface area (Å²) in [5.74, 6) is -0.370. The molecular weight excluding hydrogens is 447 g/mol. The molecule has 0 bridgehead atoms. The third-order valence-electron chi connectivity index (χ3n) is 6.86. The maximum atomic E-state index is 15.0. The number of Topliss-reactive ketones (excluding diaryl/α,β-unsaturated/α-hetero) is 1. The number of amides is 1. The van der Waals surface area contributed by atoms with E-state index < -0.39 is 24.9 Å². The first-order valence-corrected chi connectivity index (χ1v) is 11.5. The molecule has 1 aliphatic heterocycles. The normalized spacial score (nSPS) is 18.1. The van der Waals surface area contributed by atoms with E-state index in [1.807, 2.05) is 37.4 Å². The van der Waals surface area contributed by atoms with E-state index in [2.05, 4.69) is 20.6 Å². The molecule has 1 aromatic carbocycles. The monoisotopic (exact) mass is 479 g/mol. The minimum atomic E-state index is -2.48. The maximum absolute atomic E-state index is 15.0. The molecule has 1 saturated carbocycles. The number of rotatable bonds is 6. The Morgan fingerprint density at radius 1 is 1.23 bits per heavy atom. The molecule has 0 radical (unpaired) electrons. The average molecular weight is 480 g/mol. The van der Waals surface area contributed by atoms with Crippen LogP contribution in [0.1, 0.15) is 65.1 Å². The number of hydrogen-bond donors (Lipinski definition) is 2. The number of anilines is 4. The Kier molecular flexibility index (Phi) is 4.73. The molecule has 1 fully saturated rings. The van der Waals surface area contributed by atoms with Crippen LogP contribution in [0.2, 0.25) is 0 Å². The van der Waals surface area contributed by atoms with Gasteiger partial charge >= 0.3 is 0 Å². The van der Waals surface area contributed by atoms with Gasteiger partial charge in [0.25, 0.3) is 0 Å². The number of hydrogen-bond acceptors (Lipinski definition) is 6. The Morgan fingerprint density at radius 3 is 2.71 bits per heavy atom. The molecule has 5 rings (SSSR count). The zero-order valence-corrected chi connectivity index (χ0v) is 20.1. The predicted molar refractivity (Wildman–Crippen MR) is 134 cm³/mol. The zero-order chi connectivity index (χ0) is 27.5. The quantitative estimate of drug-likeness (QED) is 0.477. The highest BCUT2D eigenvalue weighted by atomic mass is 19.1. The number of halogens is 1. The van der Waals surface area contributed by atoms with Crippen LogP contribution in [0.15, 0.2) is 24.4 Å². The third kappa shape index (κ3) is 3.94. The van der Waals surface area contributed by atoms with Crippen molar-refractivity contribution in [3.05, 3.63) is 47.3 Å². The second kappa shape index (κ2) is 8.48. The summed E-state index contributed by atoms with van der Waals surface area (Å²) in [6.07, 6.45) is 2.17. The van der Waals surface area contributed by atoms with Gasteiger partial charge in [0.05, 0.1) is 40.1 Å². The van der Waals surface area contributed by atoms with Crippen LogP contribution in [-0.2, 0) is 11.8 Å². The number of aromatic nitrogens is 3. The molecule has 0 saturated heterocycles. The van der Waals surface area contributed by atoms with E-state index in [0.29, 0.717) is 22.6 Å². The molecule has 1 amide bonds. The van der Waals surface area contributed by atoms with Gasteiger partial charge in [-0.3, -0.25) is 9.59 Å². The molecule has 9 heteroatoms. The van der Waals surface area contributed by atoms with Crippen molar-refractivity contribution in [1.82, 2.24) is 14.5 Å². The summed E-state index contributed by atoms with van der Waals surface area (Å²) in [6.45, 7) is 1.44. The van der Waals surface area contributed by atoms with Gasteiger partial charge in [0.15, 0.2) is 5.78 Å². The highest BCUT2D eigenvalue weighted by Crippen LogP contribution is 2.48. The van der Waals surface area contributed by atoms with Crippen molar-refractivity contribution in [2.75, 3.05) is 22.6 Å². The summed E-state index contributed by atoms with van der Waals surface area (Å²) in [7, 11) is 3.82. The van der Waals surface area contributed by atoms with E-state index in [1.54, 1.807) is 0 Å². The van der Waals surface area contributed by atoms with Gasteiger partial charge in [0.2, 0.25) is 5.91 Å². The van der Waals surface area contributed by atoms with Crippen LogP contribution in [0.25, 0.3) is 11.3 Å². The summed E-state index contributed by atoms with van der Waals surface area (Å²) in [4.78, 5) is 36.2. The van der Waals surface area contributed by atoms with Gasteiger partial charge in [-0.25, -0.2) is 14.4 Å². The minimum absolute atomic E-state index is 0.0319. The number of pyridine rings is 1. The summed E-state index contributed by atoms with van der Waals surface area (Å²) in [6, 6.07) is 4.15. The Balaban J connectivity index is 1.61. The van der Waals surface area contributed by atoms with E-state index in [1.165, 1.54) is 24.4 Å². The number of carbonyl (C=O) groups excluding carboxylic acids is 2. The number of imidazole rings is 1. The van der Waals surface area contributed by atoms with Gasteiger partial charge in [0, 0.05) is 48.4 Å². The van der Waals surface area contributed by atoms with E-state index in [9.17, 15) is 9.59 Å². The molecule has 3 heterocycles. The molecule has 2 aliphatic rings. The number of ketones is 1. The lowest BCUT2D eigenvalue weighted by Crippen LogP contribution is -2.28. The molecule has 2 N–H and O–H groups in total. The van der Waals surface area contributed by atoms with E-state index in [-0.39, 0.29) is 34.9 Å². The summed E-state index contributed by atoms with van der Waals surface area (Å²) in [5.41, 5.74) is 3.53. The van der Waals surface area contributed by atoms with Crippen molar-refractivity contribution in [3.63, 3.8) is 0 Å². The molecule has 1 aliphatic carbocycles. The fourth-order valence-electron chi connectivity index (χ4n) is 4.60. The molecule has 2 aromatic heterocycles. The van der Waals surface area contributed by atoms with Crippen LogP contribution in [-0.4, -0.2) is 33.3 Å².